The third-order valence-electron chi connectivity index (χ3n) is 3.70. The average Bonchev–Trinajstić information content (AvgIpc) is 2.44. The van der Waals surface area contributed by atoms with Gasteiger partial charge in [-0.15, -0.1) is 24.8 Å². The first kappa shape index (κ1) is 24.6. The molecule has 2 rings (SSSR count). The van der Waals surface area contributed by atoms with Crippen LogP contribution in [0, 0.1) is 0 Å². The molecule has 1 aliphatic heterocycles. The molecule has 0 bridgehead atoms. The number of nitrogens with zero attached hydrogens (tertiary/aromatic N) is 1. The summed E-state index contributed by atoms with van der Waals surface area (Å²) >= 11 is 5.54. The minimum atomic E-state index is -4.71. The summed E-state index contributed by atoms with van der Waals surface area (Å²) < 4.78 is 77.4. The van der Waals surface area contributed by atoms with Gasteiger partial charge in [0.2, 0.25) is 0 Å². The van der Waals surface area contributed by atoms with Crippen molar-refractivity contribution in [2.24, 2.45) is 0 Å². The van der Waals surface area contributed by atoms with Gasteiger partial charge in [-0.25, -0.2) is 0 Å². The number of hydrogen-bond donors (Lipinski definition) is 1. The summed E-state index contributed by atoms with van der Waals surface area (Å²) in [6.07, 6.45) is -10.4. The minimum Gasteiger partial charge on any atom is -0.314 e. The van der Waals surface area contributed by atoms with Crippen molar-refractivity contribution in [3.8, 4) is 0 Å². The highest BCUT2D eigenvalue weighted by atomic mass is 35.5. The van der Waals surface area contributed by atoms with Crippen molar-refractivity contribution in [2.75, 3.05) is 26.2 Å². The number of nitrogens with one attached hydrogen (secondary N) is 1. The van der Waals surface area contributed by atoms with Crippen molar-refractivity contribution < 1.29 is 26.3 Å². The van der Waals surface area contributed by atoms with E-state index >= 15 is 0 Å². The fourth-order valence-electron chi connectivity index (χ4n) is 2.64. The highest BCUT2D eigenvalue weighted by Gasteiger charge is 2.38. The molecule has 0 aliphatic carbocycles. The van der Waals surface area contributed by atoms with E-state index in [0.717, 1.165) is 12.1 Å². The van der Waals surface area contributed by atoms with Crippen molar-refractivity contribution in [3.63, 3.8) is 0 Å². The molecule has 25 heavy (non-hydrogen) atoms. The van der Waals surface area contributed by atoms with Gasteiger partial charge < -0.3 is 5.32 Å². The maximum Gasteiger partial charge on any atom is 0.417 e. The van der Waals surface area contributed by atoms with Crippen molar-refractivity contribution in [2.45, 2.75) is 24.8 Å². The molecule has 1 aliphatic rings. The molecule has 0 amide bonds. The van der Waals surface area contributed by atoms with Crippen LogP contribution in [0.15, 0.2) is 18.2 Å². The molecule has 0 unspecified atom stereocenters. The van der Waals surface area contributed by atoms with Crippen molar-refractivity contribution in [3.05, 3.63) is 34.3 Å². The van der Waals surface area contributed by atoms with Crippen LogP contribution >= 0.6 is 36.4 Å². The molecule has 11 heteroatoms. The largest absolute Gasteiger partial charge is 0.417 e. The van der Waals surface area contributed by atoms with Crippen LogP contribution < -0.4 is 5.32 Å². The molecule has 2 nitrogen and oxygen atoms in total. The van der Waals surface area contributed by atoms with Gasteiger partial charge in [0.15, 0.2) is 0 Å². The summed E-state index contributed by atoms with van der Waals surface area (Å²) in [7, 11) is 0. The van der Waals surface area contributed by atoms with E-state index in [1.807, 2.05) is 0 Å². The maximum atomic E-state index is 12.9. The molecule has 1 N–H and O–H groups in total. The predicted molar refractivity (Wildman–Crippen MR) is 88.8 cm³/mol. The molecule has 1 aromatic carbocycles. The summed E-state index contributed by atoms with van der Waals surface area (Å²) in [5, 5.41) is 2.48. The number of alkyl halides is 6. The number of piperazine rings is 1. The highest BCUT2D eigenvalue weighted by molar-refractivity contribution is 6.31. The Balaban J connectivity index is 0.00000288. The fraction of sp³-hybridized carbons (Fsp3) is 0.571. The Morgan fingerprint density at radius 3 is 2.08 bits per heavy atom. The molecule has 0 spiro atoms. The maximum absolute atomic E-state index is 12.9. The van der Waals surface area contributed by atoms with E-state index in [1.54, 1.807) is 4.90 Å². The molecular formula is C14H17Cl3F6N2. The van der Waals surface area contributed by atoms with Gasteiger partial charge in [-0.1, -0.05) is 17.7 Å². The van der Waals surface area contributed by atoms with Crippen LogP contribution in [-0.2, 0) is 6.18 Å². The molecule has 1 saturated heterocycles. The number of hydrogen-bond acceptors (Lipinski definition) is 2. The number of halogens is 9. The smallest absolute Gasteiger partial charge is 0.314 e. The van der Waals surface area contributed by atoms with Gasteiger partial charge in [-0.3, -0.25) is 4.90 Å². The lowest BCUT2D eigenvalue weighted by Gasteiger charge is -2.36. The van der Waals surface area contributed by atoms with Crippen LogP contribution in [0.2, 0.25) is 5.02 Å². The summed E-state index contributed by atoms with van der Waals surface area (Å²) in [6.45, 7) is 1.66. The first-order chi connectivity index (χ1) is 10.6. The molecule has 0 radical (unpaired) electrons. The van der Waals surface area contributed by atoms with Crippen molar-refractivity contribution >= 4 is 36.4 Å². The molecule has 1 fully saturated rings. The molecule has 1 aromatic rings. The molecule has 1 heterocycles. The quantitative estimate of drug-likeness (QED) is 0.667. The molecule has 0 aromatic heterocycles. The van der Waals surface area contributed by atoms with Crippen LogP contribution in [0.3, 0.4) is 0 Å². The first-order valence-electron chi connectivity index (χ1n) is 6.96. The summed E-state index contributed by atoms with van der Waals surface area (Å²) in [5.41, 5.74) is -1.14. The van der Waals surface area contributed by atoms with E-state index in [4.69, 9.17) is 11.6 Å². The Hall–Kier alpha value is -0.410. The van der Waals surface area contributed by atoms with Crippen molar-refractivity contribution in [1.29, 1.82) is 0 Å². The second kappa shape index (κ2) is 9.50. The predicted octanol–water partition coefficient (Wildman–Crippen LogP) is 5.10. The number of rotatable bonds is 3. The lowest BCUT2D eigenvalue weighted by molar-refractivity contribution is -0.148. The second-order valence-corrected chi connectivity index (χ2v) is 5.77. The van der Waals surface area contributed by atoms with Crippen LogP contribution in [0.4, 0.5) is 26.3 Å². The van der Waals surface area contributed by atoms with Gasteiger partial charge in [0.1, 0.15) is 0 Å². The van der Waals surface area contributed by atoms with Crippen LogP contribution in [0.25, 0.3) is 0 Å². The van der Waals surface area contributed by atoms with E-state index in [0.29, 0.717) is 26.2 Å². The molecule has 0 saturated carbocycles. The topological polar surface area (TPSA) is 15.3 Å². The van der Waals surface area contributed by atoms with E-state index in [9.17, 15) is 26.3 Å². The van der Waals surface area contributed by atoms with E-state index < -0.39 is 35.4 Å². The third kappa shape index (κ3) is 7.02. The second-order valence-electron chi connectivity index (χ2n) is 5.36. The summed E-state index contributed by atoms with van der Waals surface area (Å²) in [6, 6.07) is 1.80. The fourth-order valence-corrected chi connectivity index (χ4v) is 2.86. The first-order valence-corrected chi connectivity index (χ1v) is 7.34. The van der Waals surface area contributed by atoms with Crippen molar-refractivity contribution in [1.82, 2.24) is 10.2 Å². The lowest BCUT2D eigenvalue weighted by atomic mass is 9.98. The van der Waals surface area contributed by atoms with Gasteiger partial charge in [0, 0.05) is 32.2 Å². The zero-order valence-corrected chi connectivity index (χ0v) is 15.1. The van der Waals surface area contributed by atoms with Gasteiger partial charge in [-0.05, 0) is 17.7 Å². The summed E-state index contributed by atoms with van der Waals surface area (Å²) in [5.74, 6) is 0. The van der Waals surface area contributed by atoms with Gasteiger partial charge in [-0.2, -0.15) is 26.3 Å². The molecular weight excluding hydrogens is 417 g/mol. The van der Waals surface area contributed by atoms with Crippen LogP contribution in [-0.4, -0.2) is 37.3 Å². The zero-order chi connectivity index (χ0) is 17.3. The Labute approximate surface area is 158 Å². The number of benzene rings is 1. The van der Waals surface area contributed by atoms with Gasteiger partial charge >= 0.3 is 12.4 Å². The lowest BCUT2D eigenvalue weighted by Crippen LogP contribution is -2.46. The Kier molecular flexibility index (Phi) is 9.35. The Morgan fingerprint density at radius 2 is 1.60 bits per heavy atom. The third-order valence-corrected chi connectivity index (χ3v) is 4.03. The zero-order valence-electron chi connectivity index (χ0n) is 12.8. The Bertz CT molecular complexity index is 544. The van der Waals surface area contributed by atoms with E-state index in [2.05, 4.69) is 5.32 Å². The van der Waals surface area contributed by atoms with Gasteiger partial charge in [0.05, 0.1) is 17.0 Å². The normalized spacial score (nSPS) is 17.4. The highest BCUT2D eigenvalue weighted by Crippen LogP contribution is 2.39. The summed E-state index contributed by atoms with van der Waals surface area (Å²) in [4.78, 5) is 1.55. The van der Waals surface area contributed by atoms with Gasteiger partial charge in [0.25, 0.3) is 0 Å². The minimum absolute atomic E-state index is 0. The average molecular weight is 434 g/mol. The van der Waals surface area contributed by atoms with E-state index in [-0.39, 0.29) is 30.4 Å². The standard InChI is InChI=1S/C14H15ClF6N2.2ClH/c15-11-2-1-9(7-10(11)14(19,20)21)12(8-13(16,17)18)23-5-3-22-4-6-23;;/h1-2,7,12,22H,3-6,8H2;2*1H/t12-;;/m0../s1. The Morgan fingerprint density at radius 1 is 1.04 bits per heavy atom. The van der Waals surface area contributed by atoms with Crippen LogP contribution in [0.5, 0.6) is 0 Å². The monoisotopic (exact) mass is 432 g/mol. The van der Waals surface area contributed by atoms with Crippen LogP contribution in [0.1, 0.15) is 23.6 Å². The molecule has 1 atom stereocenters. The van der Waals surface area contributed by atoms with E-state index in [1.165, 1.54) is 6.07 Å². The SMILES string of the molecule is Cl.Cl.FC(F)(F)C[C@@H](c1ccc(Cl)c(C(F)(F)F)c1)N1CCNCC1. The molecule has 146 valence electrons.